The van der Waals surface area contributed by atoms with E-state index in [2.05, 4.69) is 17.2 Å². The second-order valence-electron chi connectivity index (χ2n) is 4.11. The van der Waals surface area contributed by atoms with E-state index in [1.807, 2.05) is 49.5 Å². The molecule has 0 aliphatic carbocycles. The summed E-state index contributed by atoms with van der Waals surface area (Å²) in [5.41, 5.74) is 3.25. The lowest BCUT2D eigenvalue weighted by Gasteiger charge is -2.15. The van der Waals surface area contributed by atoms with Crippen LogP contribution in [0.5, 0.6) is 0 Å². The number of benzene rings is 1. The Morgan fingerprint density at radius 1 is 1.12 bits per heavy atom. The van der Waals surface area contributed by atoms with Crippen LogP contribution >= 0.6 is 11.6 Å². The largest absolute Gasteiger partial charge is 0.377 e. The van der Waals surface area contributed by atoms with Gasteiger partial charge in [-0.3, -0.25) is 4.98 Å². The van der Waals surface area contributed by atoms with Gasteiger partial charge in [0.25, 0.3) is 0 Å². The van der Waals surface area contributed by atoms with E-state index in [1.165, 1.54) is 5.56 Å². The Labute approximate surface area is 107 Å². The van der Waals surface area contributed by atoms with Crippen molar-refractivity contribution in [2.24, 2.45) is 0 Å². The predicted molar refractivity (Wildman–Crippen MR) is 72.5 cm³/mol. The summed E-state index contributed by atoms with van der Waals surface area (Å²) in [4.78, 5) is 4.26. The molecule has 2 aromatic rings. The van der Waals surface area contributed by atoms with Gasteiger partial charge < -0.3 is 5.32 Å². The van der Waals surface area contributed by atoms with E-state index in [1.54, 1.807) is 0 Å². The molecule has 0 aliphatic rings. The third kappa shape index (κ3) is 3.21. The zero-order chi connectivity index (χ0) is 12.3. The van der Waals surface area contributed by atoms with Crippen LogP contribution in [0.4, 0.5) is 5.69 Å². The van der Waals surface area contributed by atoms with Crippen molar-refractivity contribution in [3.63, 3.8) is 0 Å². The van der Waals surface area contributed by atoms with Crippen molar-refractivity contribution in [1.82, 2.24) is 4.98 Å². The number of hydrogen-bond donors (Lipinski definition) is 1. The van der Waals surface area contributed by atoms with Crippen LogP contribution in [-0.4, -0.2) is 4.98 Å². The Hall–Kier alpha value is -1.54. The smallest absolute Gasteiger partial charge is 0.0531 e. The number of aromatic nitrogens is 1. The molecule has 1 aromatic heterocycles. The molecule has 1 unspecified atom stereocenters. The molecule has 0 spiro atoms. The van der Waals surface area contributed by atoms with Gasteiger partial charge >= 0.3 is 0 Å². The van der Waals surface area contributed by atoms with E-state index in [0.717, 1.165) is 16.4 Å². The topological polar surface area (TPSA) is 24.9 Å². The Morgan fingerprint density at radius 3 is 2.41 bits per heavy atom. The minimum Gasteiger partial charge on any atom is -0.377 e. The van der Waals surface area contributed by atoms with Gasteiger partial charge in [0.2, 0.25) is 0 Å². The highest BCUT2D eigenvalue weighted by atomic mass is 35.5. The van der Waals surface area contributed by atoms with E-state index < -0.39 is 0 Å². The van der Waals surface area contributed by atoms with Crippen LogP contribution in [0, 0.1) is 6.92 Å². The summed E-state index contributed by atoms with van der Waals surface area (Å²) >= 11 is 5.86. The fourth-order valence-corrected chi connectivity index (χ4v) is 1.76. The fourth-order valence-electron chi connectivity index (χ4n) is 1.64. The molecule has 2 nitrogen and oxygen atoms in total. The standard InChI is InChI=1S/C14H15ClN2/c1-10-3-8-14(9-16-10)17-11(2)12-4-6-13(15)7-5-12/h3-9,11,17H,1-2H3. The van der Waals surface area contributed by atoms with Crippen LogP contribution in [0.25, 0.3) is 0 Å². The van der Waals surface area contributed by atoms with Gasteiger partial charge in [-0.25, -0.2) is 0 Å². The molecule has 0 amide bonds. The molecule has 0 fully saturated rings. The molecule has 0 saturated carbocycles. The lowest BCUT2D eigenvalue weighted by atomic mass is 10.1. The molecule has 0 aliphatic heterocycles. The van der Waals surface area contributed by atoms with Gasteiger partial charge in [-0.15, -0.1) is 0 Å². The maximum absolute atomic E-state index is 5.86. The first-order valence-corrected chi connectivity index (χ1v) is 5.97. The van der Waals surface area contributed by atoms with E-state index in [-0.39, 0.29) is 6.04 Å². The first-order valence-electron chi connectivity index (χ1n) is 5.60. The molecule has 1 aromatic carbocycles. The second-order valence-corrected chi connectivity index (χ2v) is 4.54. The lowest BCUT2D eigenvalue weighted by Crippen LogP contribution is -2.06. The monoisotopic (exact) mass is 246 g/mol. The number of pyridine rings is 1. The van der Waals surface area contributed by atoms with Crippen molar-refractivity contribution in [3.8, 4) is 0 Å². The van der Waals surface area contributed by atoms with E-state index >= 15 is 0 Å². The van der Waals surface area contributed by atoms with Crippen molar-refractivity contribution < 1.29 is 0 Å². The number of hydrogen-bond acceptors (Lipinski definition) is 2. The summed E-state index contributed by atoms with van der Waals surface area (Å²) in [5.74, 6) is 0. The average molecular weight is 247 g/mol. The van der Waals surface area contributed by atoms with Crippen LogP contribution in [0.2, 0.25) is 5.02 Å². The molecule has 1 heterocycles. The number of rotatable bonds is 3. The number of nitrogens with zero attached hydrogens (tertiary/aromatic N) is 1. The predicted octanol–water partition coefficient (Wildman–Crippen LogP) is 4.22. The van der Waals surface area contributed by atoms with Crippen LogP contribution in [0.3, 0.4) is 0 Å². The van der Waals surface area contributed by atoms with Gasteiger partial charge in [0, 0.05) is 16.8 Å². The van der Waals surface area contributed by atoms with Crippen molar-refractivity contribution >= 4 is 17.3 Å². The first-order chi connectivity index (χ1) is 8.15. The van der Waals surface area contributed by atoms with Crippen molar-refractivity contribution in [1.29, 1.82) is 0 Å². The normalized spacial score (nSPS) is 12.2. The molecule has 1 atom stereocenters. The van der Waals surface area contributed by atoms with Crippen molar-refractivity contribution in [3.05, 3.63) is 58.9 Å². The first kappa shape index (κ1) is 11.9. The molecule has 0 bridgehead atoms. The summed E-state index contributed by atoms with van der Waals surface area (Å²) in [6, 6.07) is 12.1. The Kier molecular flexibility index (Phi) is 3.64. The molecule has 88 valence electrons. The molecule has 1 N–H and O–H groups in total. The molecule has 3 heteroatoms. The molecular weight excluding hydrogens is 232 g/mol. The third-order valence-corrected chi connectivity index (χ3v) is 2.92. The number of nitrogens with one attached hydrogen (secondary N) is 1. The highest BCUT2D eigenvalue weighted by molar-refractivity contribution is 6.30. The van der Waals surface area contributed by atoms with Gasteiger partial charge in [0.05, 0.1) is 11.9 Å². The summed E-state index contributed by atoms with van der Waals surface area (Å²) in [6.45, 7) is 4.09. The number of anilines is 1. The molecular formula is C14H15ClN2. The highest BCUT2D eigenvalue weighted by Crippen LogP contribution is 2.20. The quantitative estimate of drug-likeness (QED) is 0.877. The fraction of sp³-hybridized carbons (Fsp3) is 0.214. The van der Waals surface area contributed by atoms with Gasteiger partial charge in [-0.05, 0) is 43.7 Å². The average Bonchev–Trinajstić information content (AvgIpc) is 2.33. The van der Waals surface area contributed by atoms with E-state index in [0.29, 0.717) is 0 Å². The van der Waals surface area contributed by atoms with Crippen molar-refractivity contribution in [2.45, 2.75) is 19.9 Å². The zero-order valence-electron chi connectivity index (χ0n) is 9.94. The second kappa shape index (κ2) is 5.19. The zero-order valence-corrected chi connectivity index (χ0v) is 10.7. The number of aryl methyl sites for hydroxylation is 1. The van der Waals surface area contributed by atoms with E-state index in [4.69, 9.17) is 11.6 Å². The highest BCUT2D eigenvalue weighted by Gasteiger charge is 2.04. The van der Waals surface area contributed by atoms with Gasteiger partial charge in [0.15, 0.2) is 0 Å². The summed E-state index contributed by atoms with van der Waals surface area (Å²) < 4.78 is 0. The van der Waals surface area contributed by atoms with Gasteiger partial charge in [-0.1, -0.05) is 23.7 Å². The molecule has 0 radical (unpaired) electrons. The lowest BCUT2D eigenvalue weighted by molar-refractivity contribution is 0.882. The van der Waals surface area contributed by atoms with E-state index in [9.17, 15) is 0 Å². The van der Waals surface area contributed by atoms with Crippen LogP contribution in [0.1, 0.15) is 24.2 Å². The summed E-state index contributed by atoms with van der Waals surface area (Å²) in [7, 11) is 0. The Balaban J connectivity index is 2.08. The van der Waals surface area contributed by atoms with Crippen LogP contribution < -0.4 is 5.32 Å². The van der Waals surface area contributed by atoms with Crippen LogP contribution in [0.15, 0.2) is 42.6 Å². The maximum atomic E-state index is 5.86. The molecule has 2 rings (SSSR count). The summed E-state index contributed by atoms with van der Waals surface area (Å²) in [6.07, 6.45) is 1.85. The van der Waals surface area contributed by atoms with Gasteiger partial charge in [-0.2, -0.15) is 0 Å². The minimum atomic E-state index is 0.233. The van der Waals surface area contributed by atoms with Crippen molar-refractivity contribution in [2.75, 3.05) is 5.32 Å². The minimum absolute atomic E-state index is 0.233. The number of halogens is 1. The van der Waals surface area contributed by atoms with Crippen LogP contribution in [-0.2, 0) is 0 Å². The van der Waals surface area contributed by atoms with Gasteiger partial charge in [0.1, 0.15) is 0 Å². The Morgan fingerprint density at radius 2 is 1.82 bits per heavy atom. The molecule has 17 heavy (non-hydrogen) atoms. The SMILES string of the molecule is Cc1ccc(NC(C)c2ccc(Cl)cc2)cn1. The Bertz CT molecular complexity index is 477. The maximum Gasteiger partial charge on any atom is 0.0531 e. The third-order valence-electron chi connectivity index (χ3n) is 2.66. The molecule has 0 saturated heterocycles. The summed E-state index contributed by atoms with van der Waals surface area (Å²) in [5, 5.41) is 4.16.